The lowest BCUT2D eigenvalue weighted by atomic mass is 9.72. The summed E-state index contributed by atoms with van der Waals surface area (Å²) in [7, 11) is 0. The normalized spacial score (nSPS) is 16.6. The van der Waals surface area contributed by atoms with Gasteiger partial charge in [-0.05, 0) is 108 Å². The van der Waals surface area contributed by atoms with Crippen molar-refractivity contribution in [1.29, 1.82) is 0 Å². The molecule has 0 N–H and O–H groups in total. The lowest BCUT2D eigenvalue weighted by molar-refractivity contribution is 0.283. The van der Waals surface area contributed by atoms with Gasteiger partial charge in [0.05, 0.1) is 6.04 Å². The molecule has 0 fully saturated rings. The Bertz CT molecular complexity index is 1710. The summed E-state index contributed by atoms with van der Waals surface area (Å²) in [5, 5.41) is 0. The maximum absolute atomic E-state index is 2.49. The van der Waals surface area contributed by atoms with Crippen LogP contribution >= 0.6 is 0 Å². The molecule has 0 saturated carbocycles. The number of benzene rings is 4. The van der Waals surface area contributed by atoms with Crippen LogP contribution in [0.3, 0.4) is 0 Å². The molecule has 4 aromatic carbocycles. The van der Waals surface area contributed by atoms with Gasteiger partial charge < -0.3 is 4.90 Å². The third-order valence-electron chi connectivity index (χ3n) is 10.1. The van der Waals surface area contributed by atoms with Crippen molar-refractivity contribution in [3.05, 3.63) is 137 Å². The van der Waals surface area contributed by atoms with Gasteiger partial charge >= 0.3 is 0 Å². The SMILES string of the molecule is CC(C)(C)CC(C)(C)c1ccc(-c2cc(C3=CN4Cc5ccccc5C4C=C3)cc(-c3ccc(C(C)(C)CC(C)(C)C)cc3)c2)cc1. The third-order valence-corrected chi connectivity index (χ3v) is 10.1. The Morgan fingerprint density at radius 3 is 1.51 bits per heavy atom. The molecule has 1 atom stereocenters. The molecule has 1 unspecified atom stereocenters. The molecule has 6 rings (SSSR count). The van der Waals surface area contributed by atoms with Gasteiger partial charge in [0.2, 0.25) is 0 Å². The predicted molar refractivity (Wildman–Crippen MR) is 203 cm³/mol. The smallest absolute Gasteiger partial charge is 0.0731 e. The number of fused-ring (bicyclic) bond motifs is 3. The Morgan fingerprint density at radius 2 is 1.02 bits per heavy atom. The molecule has 2 aliphatic heterocycles. The molecule has 1 nitrogen and oxygen atoms in total. The first kappa shape index (κ1) is 33.1. The van der Waals surface area contributed by atoms with Gasteiger partial charge in [0.15, 0.2) is 0 Å². The van der Waals surface area contributed by atoms with Crippen LogP contribution in [0.15, 0.2) is 109 Å². The zero-order valence-corrected chi connectivity index (χ0v) is 30.5. The van der Waals surface area contributed by atoms with Crippen LogP contribution in [0.4, 0.5) is 0 Å². The van der Waals surface area contributed by atoms with Crippen LogP contribution in [0, 0.1) is 10.8 Å². The number of hydrogen-bond acceptors (Lipinski definition) is 1. The van der Waals surface area contributed by atoms with E-state index in [9.17, 15) is 0 Å². The van der Waals surface area contributed by atoms with E-state index in [0.717, 1.165) is 19.4 Å². The highest BCUT2D eigenvalue weighted by atomic mass is 15.2. The number of nitrogens with zero attached hydrogens (tertiary/aromatic N) is 1. The van der Waals surface area contributed by atoms with Crippen LogP contribution in [0.1, 0.15) is 116 Å². The maximum Gasteiger partial charge on any atom is 0.0731 e. The van der Waals surface area contributed by atoms with Crippen molar-refractivity contribution in [3.8, 4) is 22.3 Å². The van der Waals surface area contributed by atoms with Crippen LogP contribution in [0.25, 0.3) is 27.8 Å². The van der Waals surface area contributed by atoms with E-state index in [1.54, 1.807) is 0 Å². The highest BCUT2D eigenvalue weighted by molar-refractivity contribution is 5.84. The average molecular weight is 622 g/mol. The molecule has 0 amide bonds. The van der Waals surface area contributed by atoms with Crippen molar-refractivity contribution in [2.24, 2.45) is 10.8 Å². The van der Waals surface area contributed by atoms with Crippen LogP contribution in [0.2, 0.25) is 0 Å². The van der Waals surface area contributed by atoms with Gasteiger partial charge in [-0.1, -0.05) is 154 Å². The summed E-state index contributed by atoms with van der Waals surface area (Å²) in [5.41, 5.74) is 14.0. The van der Waals surface area contributed by atoms with E-state index in [-0.39, 0.29) is 21.7 Å². The first-order valence-electron chi connectivity index (χ1n) is 17.6. The first-order valence-corrected chi connectivity index (χ1v) is 17.6. The second-order valence-corrected chi connectivity index (χ2v) is 18.0. The van der Waals surface area contributed by atoms with Gasteiger partial charge in [-0.25, -0.2) is 0 Å². The van der Waals surface area contributed by atoms with E-state index in [2.05, 4.69) is 183 Å². The van der Waals surface area contributed by atoms with E-state index >= 15 is 0 Å². The van der Waals surface area contributed by atoms with Gasteiger partial charge in [0.25, 0.3) is 0 Å². The van der Waals surface area contributed by atoms with Crippen LogP contribution in [0.5, 0.6) is 0 Å². The highest BCUT2D eigenvalue weighted by Gasteiger charge is 2.30. The van der Waals surface area contributed by atoms with Crippen molar-refractivity contribution in [2.45, 2.75) is 105 Å². The first-order chi connectivity index (χ1) is 22.0. The number of allylic oxidation sites excluding steroid dienone is 2. The molecule has 4 aromatic rings. The second-order valence-electron chi connectivity index (χ2n) is 18.0. The van der Waals surface area contributed by atoms with Crippen molar-refractivity contribution < 1.29 is 0 Å². The molecular formula is C46H55N. The Morgan fingerprint density at radius 1 is 0.553 bits per heavy atom. The number of hydrogen-bond donors (Lipinski definition) is 0. The fourth-order valence-corrected chi connectivity index (χ4v) is 8.58. The van der Waals surface area contributed by atoms with Gasteiger partial charge in [0, 0.05) is 12.7 Å². The molecule has 244 valence electrons. The predicted octanol–water partition coefficient (Wildman–Crippen LogP) is 12.9. The average Bonchev–Trinajstić information content (AvgIpc) is 3.37. The quantitative estimate of drug-likeness (QED) is 0.198. The summed E-state index contributed by atoms with van der Waals surface area (Å²) in [6.07, 6.45) is 9.38. The lowest BCUT2D eigenvalue weighted by Crippen LogP contribution is -2.24. The molecule has 0 aromatic heterocycles. The minimum atomic E-state index is 0.119. The third kappa shape index (κ3) is 7.35. The Labute approximate surface area is 285 Å². The molecule has 2 aliphatic rings. The standard InChI is InChI=1S/C46H55N/c1-43(2,3)30-45(7,8)39-20-15-32(16-21-39)36-25-37(33-17-22-40(23-18-33)46(9,10)31-44(4,5)6)27-38(26-36)34-19-24-42-41-14-12-11-13-35(41)29-47(42)28-34/h11-28,42H,29-31H2,1-10H3. The van der Waals surface area contributed by atoms with Gasteiger partial charge in [-0.15, -0.1) is 0 Å². The summed E-state index contributed by atoms with van der Waals surface area (Å²) in [4.78, 5) is 2.49. The largest absolute Gasteiger partial charge is 0.362 e. The second kappa shape index (κ2) is 12.0. The van der Waals surface area contributed by atoms with Crippen LogP contribution < -0.4 is 0 Å². The fourth-order valence-electron chi connectivity index (χ4n) is 8.58. The zero-order valence-electron chi connectivity index (χ0n) is 30.5. The summed E-state index contributed by atoms with van der Waals surface area (Å²) in [6, 6.07) is 35.1. The molecule has 2 heterocycles. The van der Waals surface area contributed by atoms with Gasteiger partial charge in [0.1, 0.15) is 0 Å². The van der Waals surface area contributed by atoms with Gasteiger partial charge in [-0.2, -0.15) is 0 Å². The molecular weight excluding hydrogens is 567 g/mol. The zero-order chi connectivity index (χ0) is 33.8. The topological polar surface area (TPSA) is 3.24 Å². The van der Waals surface area contributed by atoms with E-state index in [4.69, 9.17) is 0 Å². The summed E-state index contributed by atoms with van der Waals surface area (Å²) in [6.45, 7) is 24.5. The van der Waals surface area contributed by atoms with Gasteiger partial charge in [-0.3, -0.25) is 0 Å². The van der Waals surface area contributed by atoms with E-state index < -0.39 is 0 Å². The summed E-state index contributed by atoms with van der Waals surface area (Å²) < 4.78 is 0. The van der Waals surface area contributed by atoms with E-state index in [1.165, 1.54) is 55.6 Å². The van der Waals surface area contributed by atoms with E-state index in [0.29, 0.717) is 6.04 Å². The summed E-state index contributed by atoms with van der Waals surface area (Å²) in [5.74, 6) is 0. The van der Waals surface area contributed by atoms with E-state index in [1.807, 2.05) is 0 Å². The fraction of sp³-hybridized carbons (Fsp3) is 0.391. The molecule has 47 heavy (non-hydrogen) atoms. The molecule has 0 saturated heterocycles. The van der Waals surface area contributed by atoms with Crippen molar-refractivity contribution >= 4 is 5.57 Å². The summed E-state index contributed by atoms with van der Waals surface area (Å²) >= 11 is 0. The number of rotatable bonds is 7. The van der Waals surface area contributed by atoms with Crippen molar-refractivity contribution in [3.63, 3.8) is 0 Å². The molecule has 0 radical (unpaired) electrons. The highest BCUT2D eigenvalue weighted by Crippen LogP contribution is 2.42. The molecule has 1 heteroatoms. The molecule has 0 aliphatic carbocycles. The Kier molecular flexibility index (Phi) is 8.44. The Hall–Kier alpha value is -3.84. The molecule has 0 bridgehead atoms. The molecule has 0 spiro atoms. The van der Waals surface area contributed by atoms with Crippen molar-refractivity contribution in [1.82, 2.24) is 4.90 Å². The van der Waals surface area contributed by atoms with Crippen molar-refractivity contribution in [2.75, 3.05) is 0 Å². The minimum absolute atomic E-state index is 0.119. The van der Waals surface area contributed by atoms with Crippen LogP contribution in [-0.4, -0.2) is 4.90 Å². The monoisotopic (exact) mass is 621 g/mol. The minimum Gasteiger partial charge on any atom is -0.362 e. The van der Waals surface area contributed by atoms with Crippen LogP contribution in [-0.2, 0) is 17.4 Å². The lowest BCUT2D eigenvalue weighted by Gasteiger charge is -2.33. The Balaban J connectivity index is 1.38. The maximum atomic E-state index is 2.49.